The minimum atomic E-state index is -1.25. The molecule has 0 aliphatic heterocycles. The molecule has 2 nitrogen and oxygen atoms in total. The molecule has 2 aromatic carbocycles. The number of hydrogen-bond acceptors (Lipinski definition) is 2. The smallest absolute Gasteiger partial charge is 0.128 e. The Morgan fingerprint density at radius 2 is 1.81 bits per heavy atom. The molecular formula is C22H26Cl2FNO. The van der Waals surface area contributed by atoms with Crippen LogP contribution in [0.1, 0.15) is 25.0 Å². The minimum Gasteiger partial charge on any atom is -0.385 e. The maximum Gasteiger partial charge on any atom is 0.128 e. The van der Waals surface area contributed by atoms with Crippen molar-refractivity contribution in [3.63, 3.8) is 0 Å². The van der Waals surface area contributed by atoms with Crippen molar-refractivity contribution in [3.05, 3.63) is 75.0 Å². The molecular weight excluding hydrogens is 384 g/mol. The molecule has 2 unspecified atom stereocenters. The second kappa shape index (κ2) is 9.20. The molecule has 146 valence electrons. The van der Waals surface area contributed by atoms with Crippen molar-refractivity contribution in [2.75, 3.05) is 20.6 Å². The fraction of sp³-hybridized carbons (Fsp3) is 0.364. The van der Waals surface area contributed by atoms with E-state index in [0.717, 1.165) is 11.1 Å². The monoisotopic (exact) mass is 409 g/mol. The number of halogens is 3. The van der Waals surface area contributed by atoms with Crippen molar-refractivity contribution in [1.82, 2.24) is 4.90 Å². The first-order chi connectivity index (χ1) is 12.6. The fourth-order valence-corrected chi connectivity index (χ4v) is 3.66. The van der Waals surface area contributed by atoms with Crippen molar-refractivity contribution in [3.8, 4) is 0 Å². The Kier molecular flexibility index (Phi) is 7.47. The average Bonchev–Trinajstić information content (AvgIpc) is 2.59. The van der Waals surface area contributed by atoms with Crippen LogP contribution in [-0.2, 0) is 6.42 Å². The molecule has 2 atom stereocenters. The van der Waals surface area contributed by atoms with Gasteiger partial charge in [-0.3, -0.25) is 0 Å². The van der Waals surface area contributed by atoms with Crippen LogP contribution in [0.5, 0.6) is 0 Å². The van der Waals surface area contributed by atoms with Crippen LogP contribution in [0.15, 0.2) is 48.0 Å². The summed E-state index contributed by atoms with van der Waals surface area (Å²) >= 11 is 12.2. The summed E-state index contributed by atoms with van der Waals surface area (Å²) in [5, 5.41) is 12.6. The first-order valence-electron chi connectivity index (χ1n) is 8.88. The van der Waals surface area contributed by atoms with E-state index in [4.69, 9.17) is 23.2 Å². The Morgan fingerprint density at radius 1 is 1.19 bits per heavy atom. The largest absolute Gasteiger partial charge is 0.385 e. The average molecular weight is 410 g/mol. The van der Waals surface area contributed by atoms with E-state index in [1.807, 2.05) is 51.1 Å². The molecule has 0 saturated heterocycles. The quantitative estimate of drug-likeness (QED) is 0.632. The lowest BCUT2D eigenvalue weighted by Crippen LogP contribution is -2.44. The zero-order valence-electron chi connectivity index (χ0n) is 16.1. The molecule has 0 amide bonds. The SMILES string of the molecule is CC(=Cc1ccc(Cl)cc1)C(O)(Cc1c(F)cccc1Cl)C(C)CN(C)C. The van der Waals surface area contributed by atoms with Crippen molar-refractivity contribution in [2.24, 2.45) is 5.92 Å². The fourth-order valence-electron chi connectivity index (χ4n) is 3.31. The van der Waals surface area contributed by atoms with Crippen LogP contribution in [0, 0.1) is 11.7 Å². The molecule has 0 aliphatic rings. The van der Waals surface area contributed by atoms with Gasteiger partial charge in [0, 0.05) is 34.5 Å². The Balaban J connectivity index is 2.47. The van der Waals surface area contributed by atoms with Gasteiger partial charge < -0.3 is 10.0 Å². The van der Waals surface area contributed by atoms with E-state index in [1.54, 1.807) is 24.3 Å². The first-order valence-corrected chi connectivity index (χ1v) is 9.63. The molecule has 2 aromatic rings. The van der Waals surface area contributed by atoms with E-state index in [2.05, 4.69) is 0 Å². The van der Waals surface area contributed by atoms with E-state index in [-0.39, 0.29) is 12.3 Å². The lowest BCUT2D eigenvalue weighted by molar-refractivity contribution is 0.0143. The van der Waals surface area contributed by atoms with E-state index >= 15 is 0 Å². The number of hydrogen-bond donors (Lipinski definition) is 1. The summed E-state index contributed by atoms with van der Waals surface area (Å²) in [4.78, 5) is 2.01. The summed E-state index contributed by atoms with van der Waals surface area (Å²) in [6.07, 6.45) is 2.01. The van der Waals surface area contributed by atoms with Crippen LogP contribution in [-0.4, -0.2) is 36.2 Å². The lowest BCUT2D eigenvalue weighted by Gasteiger charge is -2.37. The van der Waals surface area contributed by atoms with Crippen LogP contribution >= 0.6 is 23.2 Å². The summed E-state index contributed by atoms with van der Waals surface area (Å²) < 4.78 is 14.4. The predicted molar refractivity (Wildman–Crippen MR) is 113 cm³/mol. The van der Waals surface area contributed by atoms with E-state index in [9.17, 15) is 9.50 Å². The maximum absolute atomic E-state index is 14.4. The molecule has 2 rings (SSSR count). The maximum atomic E-state index is 14.4. The molecule has 0 saturated carbocycles. The van der Waals surface area contributed by atoms with Gasteiger partial charge in [0.2, 0.25) is 0 Å². The molecule has 0 aliphatic carbocycles. The highest BCUT2D eigenvalue weighted by atomic mass is 35.5. The zero-order chi connectivity index (χ0) is 20.2. The minimum absolute atomic E-state index is 0.101. The Morgan fingerprint density at radius 3 is 2.37 bits per heavy atom. The van der Waals surface area contributed by atoms with Crippen LogP contribution in [0.25, 0.3) is 6.08 Å². The first kappa shape index (κ1) is 21.9. The van der Waals surface area contributed by atoms with Crippen molar-refractivity contribution in [2.45, 2.75) is 25.9 Å². The molecule has 27 heavy (non-hydrogen) atoms. The van der Waals surface area contributed by atoms with Crippen LogP contribution in [0.3, 0.4) is 0 Å². The van der Waals surface area contributed by atoms with Gasteiger partial charge in [-0.1, -0.05) is 54.4 Å². The third-order valence-electron chi connectivity index (χ3n) is 4.90. The van der Waals surface area contributed by atoms with Crippen molar-refractivity contribution >= 4 is 29.3 Å². The van der Waals surface area contributed by atoms with Gasteiger partial charge in [-0.25, -0.2) is 4.39 Å². The van der Waals surface area contributed by atoms with E-state index in [0.29, 0.717) is 22.2 Å². The second-order valence-electron chi connectivity index (χ2n) is 7.34. The van der Waals surface area contributed by atoms with Gasteiger partial charge in [-0.05, 0) is 56.4 Å². The molecule has 0 radical (unpaired) electrons. The molecule has 0 fully saturated rings. The summed E-state index contributed by atoms with van der Waals surface area (Å²) in [6.45, 7) is 4.48. The van der Waals surface area contributed by atoms with Gasteiger partial charge in [0.15, 0.2) is 0 Å². The van der Waals surface area contributed by atoms with Gasteiger partial charge in [-0.15, -0.1) is 0 Å². The normalized spacial score (nSPS) is 15.7. The predicted octanol–water partition coefficient (Wildman–Crippen LogP) is 5.71. The standard InChI is InChI=1S/C22H26Cl2FNO/c1-15(12-17-8-10-18(23)11-9-17)22(27,16(2)14-26(3)4)13-19-20(24)6-5-7-21(19)25/h5-12,16,27H,13-14H2,1-4H3. The molecule has 0 spiro atoms. The highest BCUT2D eigenvalue weighted by molar-refractivity contribution is 6.31. The number of rotatable bonds is 7. The Labute approximate surface area is 171 Å². The van der Waals surface area contributed by atoms with E-state index < -0.39 is 11.4 Å². The third-order valence-corrected chi connectivity index (χ3v) is 5.50. The topological polar surface area (TPSA) is 23.5 Å². The summed E-state index contributed by atoms with van der Waals surface area (Å²) in [6, 6.07) is 12.0. The van der Waals surface area contributed by atoms with Gasteiger partial charge in [-0.2, -0.15) is 0 Å². The molecule has 0 aromatic heterocycles. The van der Waals surface area contributed by atoms with Crippen molar-refractivity contribution < 1.29 is 9.50 Å². The van der Waals surface area contributed by atoms with Crippen LogP contribution < -0.4 is 0 Å². The van der Waals surface area contributed by atoms with E-state index in [1.165, 1.54) is 6.07 Å². The Bertz CT molecular complexity index is 784. The molecule has 0 heterocycles. The summed E-state index contributed by atoms with van der Waals surface area (Å²) in [5.41, 5.74) is 0.747. The molecule has 1 N–H and O–H groups in total. The number of aliphatic hydroxyl groups is 1. The van der Waals surface area contributed by atoms with Gasteiger partial charge in [0.1, 0.15) is 5.82 Å². The number of benzene rings is 2. The third kappa shape index (κ3) is 5.55. The highest BCUT2D eigenvalue weighted by Crippen LogP contribution is 2.35. The van der Waals surface area contributed by atoms with Gasteiger partial charge >= 0.3 is 0 Å². The number of nitrogens with zero attached hydrogens (tertiary/aromatic N) is 1. The zero-order valence-corrected chi connectivity index (χ0v) is 17.7. The van der Waals surface area contributed by atoms with Crippen LogP contribution in [0.4, 0.5) is 4.39 Å². The Hall–Kier alpha value is -1.39. The van der Waals surface area contributed by atoms with Gasteiger partial charge in [0.05, 0.1) is 5.60 Å². The second-order valence-corrected chi connectivity index (χ2v) is 8.19. The van der Waals surface area contributed by atoms with Crippen molar-refractivity contribution in [1.29, 1.82) is 0 Å². The lowest BCUT2D eigenvalue weighted by atomic mass is 9.77. The summed E-state index contributed by atoms with van der Waals surface area (Å²) in [7, 11) is 3.90. The van der Waals surface area contributed by atoms with Crippen LogP contribution in [0.2, 0.25) is 10.0 Å². The van der Waals surface area contributed by atoms with Gasteiger partial charge in [0.25, 0.3) is 0 Å². The molecule has 5 heteroatoms. The highest BCUT2D eigenvalue weighted by Gasteiger charge is 2.37. The summed E-state index contributed by atoms with van der Waals surface area (Å²) in [5.74, 6) is -0.552. The molecule has 0 bridgehead atoms.